The fourth-order valence-corrected chi connectivity index (χ4v) is 4.82. The third-order valence-electron chi connectivity index (χ3n) is 6.97. The van der Waals surface area contributed by atoms with Gasteiger partial charge in [-0.15, -0.1) is 0 Å². The molecule has 4 aromatic rings. The van der Waals surface area contributed by atoms with Gasteiger partial charge in [-0.05, 0) is 37.1 Å². The van der Waals surface area contributed by atoms with Crippen LogP contribution in [0.2, 0.25) is 0 Å². The number of ether oxygens (including phenoxy) is 1. The number of carbonyl (C=O) groups is 1. The quantitative estimate of drug-likeness (QED) is 0.148. The van der Waals surface area contributed by atoms with Crippen LogP contribution in [0.1, 0.15) is 41.3 Å². The zero-order valence-electron chi connectivity index (χ0n) is 22.7. The third-order valence-corrected chi connectivity index (χ3v) is 6.97. The summed E-state index contributed by atoms with van der Waals surface area (Å²) in [6.45, 7) is 0.671. The van der Waals surface area contributed by atoms with Crippen molar-refractivity contribution in [3.05, 3.63) is 122 Å². The van der Waals surface area contributed by atoms with Crippen molar-refractivity contribution in [2.75, 3.05) is 6.61 Å². The highest BCUT2D eigenvalue weighted by atomic mass is 19.4. The van der Waals surface area contributed by atoms with Crippen LogP contribution in [0.15, 0.2) is 82.4 Å². The molecular formula is C31H29F4N3O4. The number of nitrogens with two attached hydrogens (primary N) is 1. The Hall–Kier alpha value is -4.51. The van der Waals surface area contributed by atoms with Crippen molar-refractivity contribution in [2.24, 2.45) is 5.73 Å². The summed E-state index contributed by atoms with van der Waals surface area (Å²) in [5, 5.41) is 0. The molecule has 7 nitrogen and oxygen atoms in total. The number of para-hydroxylation sites is 1. The lowest BCUT2D eigenvalue weighted by Gasteiger charge is -2.21. The topological polar surface area (TPSA) is 96.3 Å². The zero-order chi connectivity index (χ0) is 30.4. The Balaban J connectivity index is 1.79. The average Bonchev–Trinajstić information content (AvgIpc) is 2.96. The first-order valence-corrected chi connectivity index (χ1v) is 13.2. The summed E-state index contributed by atoms with van der Waals surface area (Å²) in [4.78, 5) is 38.1. The number of aldehydes is 1. The van der Waals surface area contributed by atoms with E-state index in [4.69, 9.17) is 10.5 Å². The second kappa shape index (κ2) is 13.0. The van der Waals surface area contributed by atoms with Crippen LogP contribution in [0.5, 0.6) is 5.75 Å². The van der Waals surface area contributed by atoms with E-state index in [1.54, 1.807) is 54.6 Å². The van der Waals surface area contributed by atoms with Gasteiger partial charge in [0.1, 0.15) is 17.9 Å². The number of hydrogen-bond acceptors (Lipinski definition) is 5. The summed E-state index contributed by atoms with van der Waals surface area (Å²) in [7, 11) is 0. The molecule has 0 aliphatic rings. The second-order valence-corrected chi connectivity index (χ2v) is 9.65. The maximum Gasteiger partial charge on any atom is 0.416 e. The molecule has 4 rings (SSSR count). The summed E-state index contributed by atoms with van der Waals surface area (Å²) in [5.74, 6) is -0.673. The smallest absolute Gasteiger partial charge is 0.416 e. The van der Waals surface area contributed by atoms with Gasteiger partial charge in [-0.2, -0.15) is 13.2 Å². The standard InChI is InChI=1S/C31H29F4N3O4/c1-20-28(21-9-3-2-4-10-21)29(40)37(16-15-26(36)22-11-5-6-14-27(22)42-18-8-17-39)30(41)38(20)19-23-24(31(33,34)35)12-7-13-25(23)32/h2-7,9-14,17,26H,8,15-16,18-19,36H2,1H3/t26-/m0/s1. The van der Waals surface area contributed by atoms with Gasteiger partial charge in [0.05, 0.1) is 24.3 Å². The van der Waals surface area contributed by atoms with E-state index in [-0.39, 0.29) is 37.3 Å². The molecule has 1 atom stereocenters. The van der Waals surface area contributed by atoms with Gasteiger partial charge in [-0.3, -0.25) is 13.9 Å². The largest absolute Gasteiger partial charge is 0.493 e. The van der Waals surface area contributed by atoms with Crippen LogP contribution in [0, 0.1) is 12.7 Å². The van der Waals surface area contributed by atoms with Crippen LogP contribution in [-0.4, -0.2) is 22.0 Å². The molecule has 1 heterocycles. The number of alkyl halides is 3. The van der Waals surface area contributed by atoms with E-state index in [9.17, 15) is 31.9 Å². The van der Waals surface area contributed by atoms with E-state index in [0.29, 0.717) is 16.9 Å². The molecule has 11 heteroatoms. The SMILES string of the molecule is Cc1c(-c2ccccc2)c(=O)n(CC[C@H](N)c2ccccc2OCCC=O)c(=O)n1Cc1c(F)cccc1C(F)(F)F. The second-order valence-electron chi connectivity index (χ2n) is 9.65. The lowest BCUT2D eigenvalue weighted by molar-refractivity contribution is -0.138. The first-order valence-electron chi connectivity index (χ1n) is 13.2. The molecule has 0 saturated carbocycles. The molecule has 0 aliphatic heterocycles. The molecule has 42 heavy (non-hydrogen) atoms. The van der Waals surface area contributed by atoms with E-state index in [2.05, 4.69) is 0 Å². The third kappa shape index (κ3) is 6.52. The first kappa shape index (κ1) is 30.4. The van der Waals surface area contributed by atoms with Gasteiger partial charge in [0.15, 0.2) is 0 Å². The predicted molar refractivity (Wildman–Crippen MR) is 150 cm³/mol. The van der Waals surface area contributed by atoms with Crippen LogP contribution >= 0.6 is 0 Å². The Labute approximate surface area is 238 Å². The number of benzene rings is 3. The maximum atomic E-state index is 14.8. The lowest BCUT2D eigenvalue weighted by atomic mass is 10.0. The molecule has 2 N–H and O–H groups in total. The summed E-state index contributed by atoms with van der Waals surface area (Å²) in [6.07, 6.45) is -3.86. The Morgan fingerprint density at radius 3 is 2.33 bits per heavy atom. The number of carbonyl (C=O) groups excluding carboxylic acids is 1. The monoisotopic (exact) mass is 583 g/mol. The lowest BCUT2D eigenvalue weighted by Crippen LogP contribution is -2.43. The minimum Gasteiger partial charge on any atom is -0.493 e. The van der Waals surface area contributed by atoms with Gasteiger partial charge < -0.3 is 15.3 Å². The molecule has 0 fully saturated rings. The van der Waals surface area contributed by atoms with Crippen LogP contribution < -0.4 is 21.7 Å². The highest BCUT2D eigenvalue weighted by Crippen LogP contribution is 2.34. The van der Waals surface area contributed by atoms with Crippen LogP contribution in [0.25, 0.3) is 11.1 Å². The molecule has 220 valence electrons. The molecule has 0 unspecified atom stereocenters. The first-order chi connectivity index (χ1) is 20.0. The van der Waals surface area contributed by atoms with Crippen molar-refractivity contribution in [3.8, 4) is 16.9 Å². The van der Waals surface area contributed by atoms with Crippen LogP contribution in [0.3, 0.4) is 0 Å². The minimum atomic E-state index is -4.86. The molecule has 0 saturated heterocycles. The summed E-state index contributed by atoms with van der Waals surface area (Å²) >= 11 is 0. The Morgan fingerprint density at radius 2 is 1.64 bits per heavy atom. The zero-order valence-corrected chi connectivity index (χ0v) is 22.7. The fourth-order valence-electron chi connectivity index (χ4n) is 4.82. The van der Waals surface area contributed by atoms with Crippen molar-refractivity contribution in [1.29, 1.82) is 0 Å². The molecular weight excluding hydrogens is 554 g/mol. The van der Waals surface area contributed by atoms with Crippen molar-refractivity contribution >= 4 is 6.29 Å². The van der Waals surface area contributed by atoms with Gasteiger partial charge in [0, 0.05) is 35.8 Å². The number of aromatic nitrogens is 2. The highest BCUT2D eigenvalue weighted by molar-refractivity contribution is 5.64. The summed E-state index contributed by atoms with van der Waals surface area (Å²) in [5.41, 5.74) is 4.21. The number of hydrogen-bond donors (Lipinski definition) is 1. The maximum absolute atomic E-state index is 14.8. The molecule has 0 radical (unpaired) electrons. The molecule has 3 aromatic carbocycles. The van der Waals surface area contributed by atoms with E-state index in [0.717, 1.165) is 33.6 Å². The molecule has 0 bridgehead atoms. The Morgan fingerprint density at radius 1 is 0.952 bits per heavy atom. The van der Waals surface area contributed by atoms with E-state index in [1.165, 1.54) is 6.92 Å². The van der Waals surface area contributed by atoms with E-state index >= 15 is 0 Å². The molecule has 0 aliphatic carbocycles. The van der Waals surface area contributed by atoms with Gasteiger partial charge in [-0.1, -0.05) is 54.6 Å². The number of rotatable bonds is 11. The summed E-state index contributed by atoms with van der Waals surface area (Å²) in [6, 6.07) is 17.2. The van der Waals surface area contributed by atoms with Gasteiger partial charge in [0.2, 0.25) is 0 Å². The average molecular weight is 584 g/mol. The normalized spacial score (nSPS) is 12.2. The van der Waals surface area contributed by atoms with Gasteiger partial charge >= 0.3 is 11.9 Å². The van der Waals surface area contributed by atoms with Gasteiger partial charge in [0.25, 0.3) is 5.56 Å². The molecule has 0 amide bonds. The van der Waals surface area contributed by atoms with E-state index < -0.39 is 47.0 Å². The van der Waals surface area contributed by atoms with Crippen LogP contribution in [-0.2, 0) is 24.1 Å². The Bertz CT molecular complexity index is 1680. The Kier molecular flexibility index (Phi) is 9.41. The molecule has 1 aromatic heterocycles. The van der Waals surface area contributed by atoms with E-state index in [1.807, 2.05) is 0 Å². The summed E-state index contributed by atoms with van der Waals surface area (Å²) < 4.78 is 63.7. The fraction of sp³-hybridized carbons (Fsp3) is 0.258. The van der Waals surface area contributed by atoms with Crippen molar-refractivity contribution in [2.45, 2.75) is 45.1 Å². The molecule has 0 spiro atoms. The van der Waals surface area contributed by atoms with Crippen molar-refractivity contribution in [1.82, 2.24) is 9.13 Å². The minimum absolute atomic E-state index is 0.0913. The van der Waals surface area contributed by atoms with Gasteiger partial charge in [-0.25, -0.2) is 9.18 Å². The van der Waals surface area contributed by atoms with Crippen molar-refractivity contribution < 1.29 is 27.1 Å². The predicted octanol–water partition coefficient (Wildman–Crippen LogP) is 5.25. The van der Waals surface area contributed by atoms with Crippen LogP contribution in [0.4, 0.5) is 17.6 Å². The van der Waals surface area contributed by atoms with Crippen molar-refractivity contribution in [3.63, 3.8) is 0 Å². The number of nitrogens with zero attached hydrogens (tertiary/aromatic N) is 2. The number of halogens is 4. The highest BCUT2D eigenvalue weighted by Gasteiger charge is 2.35.